The number of nitrogens with one attached hydrogen (secondary N) is 2. The van der Waals surface area contributed by atoms with Gasteiger partial charge in [-0.05, 0) is 24.3 Å². The molecule has 0 saturated carbocycles. The number of thioether (sulfide) groups is 1. The summed E-state index contributed by atoms with van der Waals surface area (Å²) in [6.07, 6.45) is 0. The molecular weight excluding hydrogens is 458 g/mol. The highest BCUT2D eigenvalue weighted by Crippen LogP contribution is 2.38. The Morgan fingerprint density at radius 1 is 1.21 bits per heavy atom. The first kappa shape index (κ1) is 19.2. The Bertz CT molecular complexity index is 1040. The highest BCUT2D eigenvalue weighted by Gasteiger charge is 2.35. The molecule has 2 N–H and O–H groups in total. The third-order valence-corrected chi connectivity index (χ3v) is 7.17. The number of fused-ring (bicyclic) bond motifs is 1. The van der Waals surface area contributed by atoms with Crippen molar-refractivity contribution in [1.82, 2.24) is 4.98 Å². The van der Waals surface area contributed by atoms with Crippen LogP contribution in [0.5, 0.6) is 0 Å². The Kier molecular flexibility index (Phi) is 5.52. The third kappa shape index (κ3) is 3.99. The molecule has 0 fully saturated rings. The summed E-state index contributed by atoms with van der Waals surface area (Å²) in [4.78, 5) is 30.6. The predicted octanol–water partition coefficient (Wildman–Crippen LogP) is 5.26. The van der Waals surface area contributed by atoms with Crippen LogP contribution in [-0.2, 0) is 9.59 Å². The second kappa shape index (κ2) is 8.06. The van der Waals surface area contributed by atoms with E-state index in [4.69, 9.17) is 0 Å². The number of halogens is 1. The number of hydrogen-bond donors (Lipinski definition) is 2. The van der Waals surface area contributed by atoms with Gasteiger partial charge < -0.3 is 10.6 Å². The number of rotatable bonds is 4. The smallest absolute Gasteiger partial charge is 0.238 e. The van der Waals surface area contributed by atoms with Crippen molar-refractivity contribution >= 4 is 61.7 Å². The molecule has 0 saturated heterocycles. The lowest BCUT2D eigenvalue weighted by Crippen LogP contribution is -2.39. The average molecular weight is 474 g/mol. The van der Waals surface area contributed by atoms with Gasteiger partial charge >= 0.3 is 0 Å². The monoisotopic (exact) mass is 473 g/mol. The molecule has 2 aromatic carbocycles. The molecule has 0 bridgehead atoms. The van der Waals surface area contributed by atoms with Gasteiger partial charge in [0, 0.05) is 20.3 Å². The molecule has 4 rings (SSSR count). The van der Waals surface area contributed by atoms with E-state index in [1.54, 1.807) is 6.92 Å². The first-order valence-electron chi connectivity index (χ1n) is 8.60. The molecule has 8 heteroatoms. The second-order valence-electron chi connectivity index (χ2n) is 6.35. The van der Waals surface area contributed by atoms with E-state index in [0.717, 1.165) is 26.3 Å². The van der Waals surface area contributed by atoms with Crippen LogP contribution in [0.15, 0.2) is 63.3 Å². The molecular formula is C20H16BrN3O2S2. The van der Waals surface area contributed by atoms with Crippen LogP contribution < -0.4 is 10.6 Å². The number of aromatic nitrogens is 1. The SMILES string of the molecule is CC(C(=O)Nc1nc(-c2ccc(Br)cc2)cs1)C1Sc2ccccc2NC1=O. The maximum absolute atomic E-state index is 12.7. The average Bonchev–Trinajstić information content (AvgIpc) is 3.16. The van der Waals surface area contributed by atoms with Crippen LogP contribution in [0, 0.1) is 5.92 Å². The molecule has 28 heavy (non-hydrogen) atoms. The van der Waals surface area contributed by atoms with Crippen molar-refractivity contribution in [2.45, 2.75) is 17.1 Å². The van der Waals surface area contributed by atoms with Gasteiger partial charge in [0.2, 0.25) is 11.8 Å². The van der Waals surface area contributed by atoms with Crippen molar-refractivity contribution in [3.8, 4) is 11.3 Å². The van der Waals surface area contributed by atoms with E-state index in [1.165, 1.54) is 23.1 Å². The quantitative estimate of drug-likeness (QED) is 0.541. The molecule has 2 unspecified atom stereocenters. The van der Waals surface area contributed by atoms with Gasteiger partial charge in [0.15, 0.2) is 5.13 Å². The Morgan fingerprint density at radius 3 is 2.75 bits per heavy atom. The fraction of sp³-hybridized carbons (Fsp3) is 0.150. The third-order valence-electron chi connectivity index (χ3n) is 4.40. The van der Waals surface area contributed by atoms with Crippen molar-refractivity contribution in [3.63, 3.8) is 0 Å². The lowest BCUT2D eigenvalue weighted by atomic mass is 10.1. The predicted molar refractivity (Wildman–Crippen MR) is 118 cm³/mol. The van der Waals surface area contributed by atoms with E-state index in [9.17, 15) is 9.59 Å². The number of amides is 2. The zero-order chi connectivity index (χ0) is 19.7. The Hall–Kier alpha value is -2.16. The minimum atomic E-state index is -0.501. The first-order chi connectivity index (χ1) is 13.5. The summed E-state index contributed by atoms with van der Waals surface area (Å²) >= 11 is 6.20. The van der Waals surface area contributed by atoms with Crippen LogP contribution in [-0.4, -0.2) is 22.0 Å². The molecule has 1 aromatic heterocycles. The highest BCUT2D eigenvalue weighted by atomic mass is 79.9. The van der Waals surface area contributed by atoms with Crippen LogP contribution >= 0.6 is 39.0 Å². The molecule has 0 spiro atoms. The molecule has 3 aromatic rings. The van der Waals surface area contributed by atoms with Crippen LogP contribution in [0.25, 0.3) is 11.3 Å². The van der Waals surface area contributed by atoms with Crippen LogP contribution in [0.4, 0.5) is 10.8 Å². The number of carbonyl (C=O) groups excluding carboxylic acids is 2. The summed E-state index contributed by atoms with van der Waals surface area (Å²) in [7, 11) is 0. The number of anilines is 2. The van der Waals surface area contributed by atoms with Crippen molar-refractivity contribution in [2.75, 3.05) is 10.6 Å². The van der Waals surface area contributed by atoms with Crippen LogP contribution in [0.3, 0.4) is 0 Å². The molecule has 2 amide bonds. The van der Waals surface area contributed by atoms with Crippen LogP contribution in [0.2, 0.25) is 0 Å². The maximum Gasteiger partial charge on any atom is 0.238 e. The molecule has 0 radical (unpaired) electrons. The molecule has 142 valence electrons. The Morgan fingerprint density at radius 2 is 1.96 bits per heavy atom. The van der Waals surface area contributed by atoms with Gasteiger partial charge in [-0.1, -0.05) is 47.1 Å². The molecule has 2 atom stereocenters. The zero-order valence-corrected chi connectivity index (χ0v) is 18.0. The molecule has 1 aliphatic rings. The Labute approximate surface area is 179 Å². The van der Waals surface area contributed by atoms with Crippen LogP contribution in [0.1, 0.15) is 6.92 Å². The summed E-state index contributed by atoms with van der Waals surface area (Å²) in [5, 5.41) is 7.68. The normalized spacial score (nSPS) is 16.8. The number of hydrogen-bond acceptors (Lipinski definition) is 5. The van der Waals surface area contributed by atoms with E-state index < -0.39 is 11.2 Å². The van der Waals surface area contributed by atoms with Gasteiger partial charge in [-0.3, -0.25) is 9.59 Å². The lowest BCUT2D eigenvalue weighted by Gasteiger charge is -2.27. The van der Waals surface area contributed by atoms with Gasteiger partial charge in [0.1, 0.15) is 0 Å². The van der Waals surface area contributed by atoms with Gasteiger partial charge in [0.25, 0.3) is 0 Å². The fourth-order valence-corrected chi connectivity index (χ4v) is 4.99. The summed E-state index contributed by atoms with van der Waals surface area (Å²) in [6.45, 7) is 1.77. The van der Waals surface area contributed by atoms with Gasteiger partial charge in [-0.25, -0.2) is 4.98 Å². The Balaban J connectivity index is 1.45. The van der Waals surface area contributed by atoms with E-state index in [0.29, 0.717) is 5.13 Å². The standard InChI is InChI=1S/C20H16BrN3O2S2/c1-11(17-19(26)22-14-4-2-3-5-16(14)28-17)18(25)24-20-23-15(10-27-20)12-6-8-13(21)9-7-12/h2-11,17H,1H3,(H,22,26)(H,23,24,25). The zero-order valence-electron chi connectivity index (χ0n) is 14.8. The van der Waals surface area contributed by atoms with Crippen molar-refractivity contribution in [3.05, 3.63) is 58.4 Å². The highest BCUT2D eigenvalue weighted by molar-refractivity contribution is 9.10. The molecule has 0 aliphatic carbocycles. The summed E-state index contributed by atoms with van der Waals surface area (Å²) in [5.74, 6) is -0.872. The first-order valence-corrected chi connectivity index (χ1v) is 11.2. The van der Waals surface area contributed by atoms with Gasteiger partial charge in [-0.15, -0.1) is 23.1 Å². The molecule has 5 nitrogen and oxygen atoms in total. The second-order valence-corrected chi connectivity index (χ2v) is 9.30. The van der Waals surface area contributed by atoms with E-state index in [-0.39, 0.29) is 11.8 Å². The van der Waals surface area contributed by atoms with Crippen molar-refractivity contribution < 1.29 is 9.59 Å². The summed E-state index contributed by atoms with van der Waals surface area (Å²) < 4.78 is 0.999. The largest absolute Gasteiger partial charge is 0.324 e. The minimum absolute atomic E-state index is 0.152. The fourth-order valence-electron chi connectivity index (χ4n) is 2.84. The molecule has 1 aliphatic heterocycles. The number of thiazole rings is 1. The summed E-state index contributed by atoms with van der Waals surface area (Å²) in [6, 6.07) is 15.4. The topological polar surface area (TPSA) is 71.1 Å². The maximum atomic E-state index is 12.7. The van der Waals surface area contributed by atoms with Gasteiger partial charge in [-0.2, -0.15) is 0 Å². The van der Waals surface area contributed by atoms with E-state index in [1.807, 2.05) is 53.9 Å². The summed E-state index contributed by atoms with van der Waals surface area (Å²) in [5.41, 5.74) is 2.58. The number of para-hydroxylation sites is 1. The number of nitrogens with zero attached hydrogens (tertiary/aromatic N) is 1. The van der Waals surface area contributed by atoms with E-state index >= 15 is 0 Å². The minimum Gasteiger partial charge on any atom is -0.324 e. The van der Waals surface area contributed by atoms with E-state index in [2.05, 4.69) is 31.5 Å². The van der Waals surface area contributed by atoms with Gasteiger partial charge in [0.05, 0.1) is 22.5 Å². The molecule has 2 heterocycles. The van der Waals surface area contributed by atoms with Crippen molar-refractivity contribution in [1.29, 1.82) is 0 Å². The lowest BCUT2D eigenvalue weighted by molar-refractivity contribution is -0.123. The number of benzene rings is 2. The van der Waals surface area contributed by atoms with Crippen molar-refractivity contribution in [2.24, 2.45) is 5.92 Å². The number of carbonyl (C=O) groups is 2.